The van der Waals surface area contributed by atoms with Crippen LogP contribution >= 0.6 is 23.1 Å². The summed E-state index contributed by atoms with van der Waals surface area (Å²) < 4.78 is 1.33. The van der Waals surface area contributed by atoms with Crippen LogP contribution in [0.15, 0.2) is 75.8 Å². The first-order valence-electron chi connectivity index (χ1n) is 6.21. The van der Waals surface area contributed by atoms with Crippen molar-refractivity contribution in [2.75, 3.05) is 0 Å². The molecule has 1 aromatic heterocycles. The van der Waals surface area contributed by atoms with E-state index in [0.29, 0.717) is 0 Å². The van der Waals surface area contributed by atoms with Gasteiger partial charge in [0.1, 0.15) is 0 Å². The van der Waals surface area contributed by atoms with Crippen LogP contribution in [0.5, 0.6) is 0 Å². The fraction of sp³-hybridized carbons (Fsp3) is 0.0588. The predicted molar refractivity (Wildman–Crippen MR) is 85.1 cm³/mol. The summed E-state index contributed by atoms with van der Waals surface area (Å²) in [7, 11) is 0. The van der Waals surface area contributed by atoms with E-state index in [4.69, 9.17) is 0 Å². The molecule has 2 heteroatoms. The quantitative estimate of drug-likeness (QED) is 0.578. The molecule has 3 aromatic rings. The minimum Gasteiger partial charge on any atom is -0.128 e. The third kappa shape index (κ3) is 3.09. The Bertz CT molecular complexity index is 651. The van der Waals surface area contributed by atoms with Crippen LogP contribution in [0.2, 0.25) is 0 Å². The lowest BCUT2D eigenvalue weighted by Crippen LogP contribution is -1.72. The van der Waals surface area contributed by atoms with E-state index in [1.165, 1.54) is 25.1 Å². The Morgan fingerprint density at radius 2 is 1.53 bits per heavy atom. The molecule has 0 unspecified atom stereocenters. The molecule has 0 spiro atoms. The summed E-state index contributed by atoms with van der Waals surface area (Å²) in [6, 6.07) is 23.6. The summed E-state index contributed by atoms with van der Waals surface area (Å²) in [5.41, 5.74) is 2.61. The van der Waals surface area contributed by atoms with Gasteiger partial charge in [0.25, 0.3) is 0 Å². The molecule has 19 heavy (non-hydrogen) atoms. The molecular formula is C17H14S2. The first-order chi connectivity index (χ1) is 9.31. The second kappa shape index (κ2) is 5.64. The molecule has 0 aliphatic rings. The fourth-order valence-electron chi connectivity index (χ4n) is 1.85. The van der Waals surface area contributed by atoms with Gasteiger partial charge in [0, 0.05) is 9.77 Å². The molecule has 0 atom stereocenters. The van der Waals surface area contributed by atoms with Gasteiger partial charge >= 0.3 is 0 Å². The summed E-state index contributed by atoms with van der Waals surface area (Å²) in [6.45, 7) is 2.12. The minimum atomic E-state index is 1.29. The molecular weight excluding hydrogens is 268 g/mol. The highest BCUT2D eigenvalue weighted by Crippen LogP contribution is 2.37. The van der Waals surface area contributed by atoms with Crippen LogP contribution in [0.3, 0.4) is 0 Å². The van der Waals surface area contributed by atoms with Crippen molar-refractivity contribution in [1.29, 1.82) is 0 Å². The molecule has 0 radical (unpaired) electrons. The second-order valence-corrected chi connectivity index (χ2v) is 6.86. The van der Waals surface area contributed by atoms with Crippen LogP contribution in [-0.4, -0.2) is 0 Å². The molecule has 0 bridgehead atoms. The van der Waals surface area contributed by atoms with Crippen molar-refractivity contribution in [3.8, 4) is 10.4 Å². The van der Waals surface area contributed by atoms with Crippen molar-refractivity contribution in [2.45, 2.75) is 16.0 Å². The SMILES string of the molecule is Cc1ccc(-c2ccc(Sc3ccccc3)s2)cc1. The molecule has 3 rings (SSSR count). The highest BCUT2D eigenvalue weighted by Gasteiger charge is 2.04. The van der Waals surface area contributed by atoms with Crippen LogP contribution in [0.4, 0.5) is 0 Å². The average molecular weight is 282 g/mol. The van der Waals surface area contributed by atoms with Gasteiger partial charge in [-0.05, 0) is 36.8 Å². The van der Waals surface area contributed by atoms with E-state index < -0.39 is 0 Å². The van der Waals surface area contributed by atoms with Gasteiger partial charge in [-0.1, -0.05) is 59.8 Å². The van der Waals surface area contributed by atoms with Crippen molar-refractivity contribution < 1.29 is 0 Å². The Hall–Kier alpha value is -1.51. The van der Waals surface area contributed by atoms with Crippen molar-refractivity contribution in [2.24, 2.45) is 0 Å². The Balaban J connectivity index is 1.82. The molecule has 0 amide bonds. The average Bonchev–Trinajstić information content (AvgIpc) is 2.89. The van der Waals surface area contributed by atoms with Crippen LogP contribution in [0, 0.1) is 6.92 Å². The van der Waals surface area contributed by atoms with Gasteiger partial charge < -0.3 is 0 Å². The standard InChI is InChI=1S/C17H14S2/c1-13-7-9-14(10-8-13)16-11-12-17(19-16)18-15-5-3-2-4-6-15/h2-12H,1H3. The normalized spacial score (nSPS) is 10.6. The molecule has 0 N–H and O–H groups in total. The zero-order chi connectivity index (χ0) is 13.1. The Kier molecular flexibility index (Phi) is 3.72. The van der Waals surface area contributed by atoms with Gasteiger partial charge in [0.15, 0.2) is 0 Å². The fourth-order valence-corrected chi connectivity index (χ4v) is 3.98. The van der Waals surface area contributed by atoms with E-state index in [2.05, 4.69) is 73.7 Å². The second-order valence-electron chi connectivity index (χ2n) is 4.40. The van der Waals surface area contributed by atoms with Crippen molar-refractivity contribution in [3.63, 3.8) is 0 Å². The molecule has 0 saturated heterocycles. The molecule has 0 aliphatic carbocycles. The van der Waals surface area contributed by atoms with Crippen LogP contribution in [-0.2, 0) is 0 Å². The van der Waals surface area contributed by atoms with Gasteiger partial charge in [-0.3, -0.25) is 0 Å². The van der Waals surface area contributed by atoms with Gasteiger partial charge in [0.2, 0.25) is 0 Å². The molecule has 2 aromatic carbocycles. The summed E-state index contributed by atoms with van der Waals surface area (Å²) in [5.74, 6) is 0. The lowest BCUT2D eigenvalue weighted by atomic mass is 10.1. The Morgan fingerprint density at radius 1 is 0.789 bits per heavy atom. The summed E-state index contributed by atoms with van der Waals surface area (Å²) >= 11 is 3.67. The number of rotatable bonds is 3. The molecule has 0 aliphatic heterocycles. The highest BCUT2D eigenvalue weighted by molar-refractivity contribution is 8.01. The van der Waals surface area contributed by atoms with Crippen LogP contribution in [0.25, 0.3) is 10.4 Å². The van der Waals surface area contributed by atoms with Gasteiger partial charge in [0.05, 0.1) is 4.21 Å². The maximum absolute atomic E-state index is 2.21. The zero-order valence-electron chi connectivity index (χ0n) is 10.7. The number of hydrogen-bond donors (Lipinski definition) is 0. The van der Waals surface area contributed by atoms with E-state index in [1.54, 1.807) is 0 Å². The van der Waals surface area contributed by atoms with Crippen molar-refractivity contribution in [3.05, 3.63) is 72.3 Å². The van der Waals surface area contributed by atoms with E-state index in [0.717, 1.165) is 0 Å². The predicted octanol–water partition coefficient (Wildman–Crippen LogP) is 5.87. The maximum Gasteiger partial charge on any atom is 0.0652 e. The van der Waals surface area contributed by atoms with Crippen LogP contribution in [0.1, 0.15) is 5.56 Å². The third-order valence-corrected chi connectivity index (χ3v) is 5.15. The number of aryl methyl sites for hydroxylation is 1. The minimum absolute atomic E-state index is 1.29. The van der Waals surface area contributed by atoms with Crippen LogP contribution < -0.4 is 0 Å². The zero-order valence-corrected chi connectivity index (χ0v) is 12.3. The Morgan fingerprint density at radius 3 is 2.26 bits per heavy atom. The maximum atomic E-state index is 2.21. The molecule has 0 saturated carbocycles. The topological polar surface area (TPSA) is 0 Å². The largest absolute Gasteiger partial charge is 0.128 e. The van der Waals surface area contributed by atoms with Crippen molar-refractivity contribution in [1.82, 2.24) is 0 Å². The van der Waals surface area contributed by atoms with E-state index in [9.17, 15) is 0 Å². The third-order valence-electron chi connectivity index (χ3n) is 2.88. The van der Waals surface area contributed by atoms with Gasteiger partial charge in [-0.2, -0.15) is 0 Å². The van der Waals surface area contributed by atoms with E-state index in [1.807, 2.05) is 23.1 Å². The Labute approximate surface area is 122 Å². The summed E-state index contributed by atoms with van der Waals surface area (Å²) in [4.78, 5) is 2.62. The molecule has 0 fully saturated rings. The molecule has 1 heterocycles. The van der Waals surface area contributed by atoms with Gasteiger partial charge in [-0.25, -0.2) is 0 Å². The molecule has 94 valence electrons. The molecule has 0 nitrogen and oxygen atoms in total. The number of thiophene rings is 1. The highest BCUT2D eigenvalue weighted by atomic mass is 32.2. The van der Waals surface area contributed by atoms with E-state index in [-0.39, 0.29) is 0 Å². The summed E-state index contributed by atoms with van der Waals surface area (Å²) in [6.07, 6.45) is 0. The smallest absolute Gasteiger partial charge is 0.0652 e. The number of hydrogen-bond acceptors (Lipinski definition) is 2. The lowest BCUT2D eigenvalue weighted by molar-refractivity contribution is 1.46. The first kappa shape index (κ1) is 12.5. The van der Waals surface area contributed by atoms with E-state index >= 15 is 0 Å². The number of benzene rings is 2. The monoisotopic (exact) mass is 282 g/mol. The first-order valence-corrected chi connectivity index (χ1v) is 7.84. The summed E-state index contributed by atoms with van der Waals surface area (Å²) in [5, 5.41) is 0. The van der Waals surface area contributed by atoms with Crippen molar-refractivity contribution >= 4 is 23.1 Å². The lowest BCUT2D eigenvalue weighted by Gasteiger charge is -1.98. The van der Waals surface area contributed by atoms with Gasteiger partial charge in [-0.15, -0.1) is 11.3 Å².